The summed E-state index contributed by atoms with van der Waals surface area (Å²) in [5.41, 5.74) is -0.680. The standard InChI is InChI=1S/C12H14F3NO2.ClH/c1-2-16-7-10(11(17)18)8-4-3-5-9(6-8)12(13,14)15;/h3-6,10,16H,2,7H2,1H3,(H,17,18);1H. The van der Waals surface area contributed by atoms with E-state index in [1.165, 1.54) is 12.1 Å². The van der Waals surface area contributed by atoms with Crippen molar-refractivity contribution in [2.24, 2.45) is 0 Å². The van der Waals surface area contributed by atoms with Crippen LogP contribution in [0, 0.1) is 0 Å². The number of aliphatic carboxylic acids is 1. The largest absolute Gasteiger partial charge is 0.481 e. The minimum atomic E-state index is -4.46. The molecule has 1 atom stereocenters. The zero-order chi connectivity index (χ0) is 13.8. The highest BCUT2D eigenvalue weighted by atomic mass is 35.5. The van der Waals surface area contributed by atoms with Gasteiger partial charge in [0.15, 0.2) is 0 Å². The second-order valence-corrected chi connectivity index (χ2v) is 3.82. The molecule has 3 nitrogen and oxygen atoms in total. The second kappa shape index (κ2) is 7.35. The third kappa shape index (κ3) is 5.08. The predicted molar refractivity (Wildman–Crippen MR) is 67.6 cm³/mol. The summed E-state index contributed by atoms with van der Waals surface area (Å²) in [6.07, 6.45) is -4.46. The summed E-state index contributed by atoms with van der Waals surface area (Å²) in [6, 6.07) is 4.43. The van der Waals surface area contributed by atoms with Gasteiger partial charge in [0.1, 0.15) is 0 Å². The highest BCUT2D eigenvalue weighted by molar-refractivity contribution is 5.85. The second-order valence-electron chi connectivity index (χ2n) is 3.82. The fourth-order valence-electron chi connectivity index (χ4n) is 1.57. The number of nitrogens with one attached hydrogen (secondary N) is 1. The van der Waals surface area contributed by atoms with Crippen molar-refractivity contribution < 1.29 is 23.1 Å². The molecule has 1 aromatic rings. The number of benzene rings is 1. The molecule has 0 saturated heterocycles. The highest BCUT2D eigenvalue weighted by Crippen LogP contribution is 2.31. The number of rotatable bonds is 5. The van der Waals surface area contributed by atoms with Gasteiger partial charge < -0.3 is 10.4 Å². The van der Waals surface area contributed by atoms with Gasteiger partial charge in [-0.25, -0.2) is 0 Å². The number of hydrogen-bond donors (Lipinski definition) is 2. The SMILES string of the molecule is CCNCC(C(=O)O)c1cccc(C(F)(F)F)c1.Cl. The minimum Gasteiger partial charge on any atom is -0.481 e. The van der Waals surface area contributed by atoms with Gasteiger partial charge in [0.25, 0.3) is 0 Å². The Morgan fingerprint density at radius 1 is 1.42 bits per heavy atom. The van der Waals surface area contributed by atoms with Crippen LogP contribution in [0.2, 0.25) is 0 Å². The molecular weight excluding hydrogens is 283 g/mol. The lowest BCUT2D eigenvalue weighted by Gasteiger charge is -2.15. The van der Waals surface area contributed by atoms with Crippen LogP contribution in [0.25, 0.3) is 0 Å². The lowest BCUT2D eigenvalue weighted by atomic mass is 9.97. The lowest BCUT2D eigenvalue weighted by molar-refractivity contribution is -0.140. The van der Waals surface area contributed by atoms with Crippen molar-refractivity contribution in [2.75, 3.05) is 13.1 Å². The Balaban J connectivity index is 0.00000324. The van der Waals surface area contributed by atoms with Gasteiger partial charge in [0.2, 0.25) is 0 Å². The van der Waals surface area contributed by atoms with E-state index in [0.717, 1.165) is 12.1 Å². The molecule has 7 heteroatoms. The number of carboxylic acids is 1. The van der Waals surface area contributed by atoms with Crippen molar-refractivity contribution in [2.45, 2.75) is 19.0 Å². The average Bonchev–Trinajstić information content (AvgIpc) is 2.28. The molecule has 2 N–H and O–H groups in total. The molecule has 0 fully saturated rings. The van der Waals surface area contributed by atoms with Gasteiger partial charge >= 0.3 is 12.1 Å². The molecule has 1 unspecified atom stereocenters. The van der Waals surface area contributed by atoms with Crippen molar-refractivity contribution >= 4 is 18.4 Å². The van der Waals surface area contributed by atoms with Gasteiger partial charge in [0.05, 0.1) is 11.5 Å². The van der Waals surface area contributed by atoms with Gasteiger partial charge in [0, 0.05) is 6.54 Å². The summed E-state index contributed by atoms with van der Waals surface area (Å²) in [6.45, 7) is 2.46. The molecule has 0 saturated carbocycles. The number of hydrogen-bond acceptors (Lipinski definition) is 2. The first-order valence-corrected chi connectivity index (χ1v) is 5.47. The van der Waals surface area contributed by atoms with E-state index in [0.29, 0.717) is 6.54 Å². The fraction of sp³-hybridized carbons (Fsp3) is 0.417. The molecule has 1 aromatic carbocycles. The van der Waals surface area contributed by atoms with E-state index < -0.39 is 23.6 Å². The first-order valence-electron chi connectivity index (χ1n) is 5.47. The molecule has 0 spiro atoms. The Morgan fingerprint density at radius 2 is 2.05 bits per heavy atom. The maximum Gasteiger partial charge on any atom is 0.416 e. The third-order valence-electron chi connectivity index (χ3n) is 2.51. The van der Waals surface area contributed by atoms with Crippen LogP contribution in [0.3, 0.4) is 0 Å². The molecule has 0 aliphatic rings. The van der Waals surface area contributed by atoms with Crippen LogP contribution in [0.15, 0.2) is 24.3 Å². The summed E-state index contributed by atoms with van der Waals surface area (Å²) in [5, 5.41) is 11.9. The quantitative estimate of drug-likeness (QED) is 0.878. The van der Waals surface area contributed by atoms with E-state index in [4.69, 9.17) is 5.11 Å². The normalized spacial score (nSPS) is 12.6. The molecule has 0 bridgehead atoms. The number of alkyl halides is 3. The molecule has 0 aromatic heterocycles. The number of halogens is 4. The monoisotopic (exact) mass is 297 g/mol. The number of likely N-dealkylation sites (N-methyl/N-ethyl adjacent to an activating group) is 1. The van der Waals surface area contributed by atoms with Gasteiger partial charge in [-0.3, -0.25) is 4.79 Å². The Morgan fingerprint density at radius 3 is 2.53 bits per heavy atom. The summed E-state index contributed by atoms with van der Waals surface area (Å²) in [5.74, 6) is -2.12. The van der Waals surface area contributed by atoms with E-state index in [-0.39, 0.29) is 24.5 Å². The molecule has 0 aliphatic carbocycles. The van der Waals surface area contributed by atoms with Crippen molar-refractivity contribution in [3.8, 4) is 0 Å². The Kier molecular flexibility index (Phi) is 6.86. The van der Waals surface area contributed by atoms with Gasteiger partial charge in [-0.2, -0.15) is 13.2 Å². The first-order chi connectivity index (χ1) is 8.36. The van der Waals surface area contributed by atoms with Crippen molar-refractivity contribution in [1.82, 2.24) is 5.32 Å². The van der Waals surface area contributed by atoms with E-state index in [1.54, 1.807) is 6.92 Å². The molecule has 0 aliphatic heterocycles. The molecule has 0 radical (unpaired) electrons. The molecule has 0 amide bonds. The Hall–Kier alpha value is -1.27. The summed E-state index contributed by atoms with van der Waals surface area (Å²) < 4.78 is 37.6. The smallest absolute Gasteiger partial charge is 0.416 e. The van der Waals surface area contributed by atoms with E-state index in [9.17, 15) is 18.0 Å². The maximum atomic E-state index is 12.5. The first kappa shape index (κ1) is 17.7. The molecule has 1 rings (SSSR count). The fourth-order valence-corrected chi connectivity index (χ4v) is 1.57. The zero-order valence-corrected chi connectivity index (χ0v) is 11.0. The Labute approximate surface area is 115 Å². The molecule has 108 valence electrons. The van der Waals surface area contributed by atoms with Crippen LogP contribution in [0.5, 0.6) is 0 Å². The van der Waals surface area contributed by atoms with Crippen LogP contribution >= 0.6 is 12.4 Å². The van der Waals surface area contributed by atoms with Gasteiger partial charge in [-0.05, 0) is 18.2 Å². The predicted octanol–water partition coefficient (Wildman–Crippen LogP) is 2.90. The Bertz CT molecular complexity index is 424. The topological polar surface area (TPSA) is 49.3 Å². The summed E-state index contributed by atoms with van der Waals surface area (Å²) in [7, 11) is 0. The number of carbonyl (C=O) groups is 1. The maximum absolute atomic E-state index is 12.5. The van der Waals surface area contributed by atoms with E-state index >= 15 is 0 Å². The van der Waals surface area contributed by atoms with E-state index in [1.807, 2.05) is 0 Å². The van der Waals surface area contributed by atoms with Crippen LogP contribution in [0.1, 0.15) is 24.0 Å². The van der Waals surface area contributed by atoms with Crippen molar-refractivity contribution in [3.05, 3.63) is 35.4 Å². The molecule has 0 heterocycles. The molecular formula is C12H15ClF3NO2. The van der Waals surface area contributed by atoms with Crippen molar-refractivity contribution in [1.29, 1.82) is 0 Å². The summed E-state index contributed by atoms with van der Waals surface area (Å²) >= 11 is 0. The van der Waals surface area contributed by atoms with Gasteiger partial charge in [-0.1, -0.05) is 25.1 Å². The van der Waals surface area contributed by atoms with Crippen molar-refractivity contribution in [3.63, 3.8) is 0 Å². The van der Waals surface area contributed by atoms with Crippen LogP contribution < -0.4 is 5.32 Å². The van der Waals surface area contributed by atoms with Crippen LogP contribution in [-0.4, -0.2) is 24.2 Å². The molecule has 19 heavy (non-hydrogen) atoms. The average molecular weight is 298 g/mol. The summed E-state index contributed by atoms with van der Waals surface area (Å²) in [4.78, 5) is 11.0. The minimum absolute atomic E-state index is 0. The van der Waals surface area contributed by atoms with Crippen LogP contribution in [-0.2, 0) is 11.0 Å². The number of carboxylic acid groups (broad SMARTS) is 1. The van der Waals surface area contributed by atoms with Crippen LogP contribution in [0.4, 0.5) is 13.2 Å². The third-order valence-corrected chi connectivity index (χ3v) is 2.51. The highest BCUT2D eigenvalue weighted by Gasteiger charge is 2.31. The lowest BCUT2D eigenvalue weighted by Crippen LogP contribution is -2.26. The van der Waals surface area contributed by atoms with E-state index in [2.05, 4.69) is 5.32 Å². The van der Waals surface area contributed by atoms with Gasteiger partial charge in [-0.15, -0.1) is 12.4 Å². The zero-order valence-electron chi connectivity index (χ0n) is 10.2.